The fourth-order valence-electron chi connectivity index (χ4n) is 3.43. The van der Waals surface area contributed by atoms with Crippen LogP contribution in [-0.4, -0.2) is 29.8 Å². The maximum atomic E-state index is 12.5. The lowest BCUT2D eigenvalue weighted by Gasteiger charge is -2.48. The summed E-state index contributed by atoms with van der Waals surface area (Å²) in [4.78, 5) is 25.7. The molecule has 0 bridgehead atoms. The van der Waals surface area contributed by atoms with E-state index in [2.05, 4.69) is 11.9 Å². The first-order valence-corrected chi connectivity index (χ1v) is 7.95. The number of nitrogens with one attached hydrogen (secondary N) is 1. The van der Waals surface area contributed by atoms with E-state index in [0.29, 0.717) is 16.7 Å². The molecule has 0 atom stereocenters. The monoisotopic (exact) mass is 298 g/mol. The van der Waals surface area contributed by atoms with Gasteiger partial charge >= 0.3 is 0 Å². The lowest BCUT2D eigenvalue weighted by molar-refractivity contribution is -0.111. The number of likely N-dealkylation sites (tertiary alicyclic amines) is 1. The van der Waals surface area contributed by atoms with Gasteiger partial charge in [-0.1, -0.05) is 13.0 Å². The van der Waals surface area contributed by atoms with E-state index in [1.54, 1.807) is 24.3 Å². The predicted octanol–water partition coefficient (Wildman–Crippen LogP) is 3.22. The van der Waals surface area contributed by atoms with Crippen LogP contribution in [0.2, 0.25) is 0 Å². The molecule has 1 aromatic carbocycles. The van der Waals surface area contributed by atoms with Gasteiger partial charge in [0.15, 0.2) is 0 Å². The minimum atomic E-state index is -0.249. The maximum absolute atomic E-state index is 12.5. The smallest absolute Gasteiger partial charge is 0.253 e. The molecule has 1 N–H and O–H groups in total. The highest BCUT2D eigenvalue weighted by molar-refractivity contribution is 5.99. The number of carbonyl (C=O) groups excluding carboxylic acids is 2. The zero-order chi connectivity index (χ0) is 15.6. The van der Waals surface area contributed by atoms with Crippen molar-refractivity contribution in [3.8, 4) is 0 Å². The molecule has 2 amide bonds. The number of hydrogen-bond acceptors (Lipinski definition) is 2. The highest BCUT2D eigenvalue weighted by Crippen LogP contribution is 2.48. The topological polar surface area (TPSA) is 49.4 Å². The number of nitrogens with zero attached hydrogens (tertiary/aromatic N) is 1. The molecule has 1 saturated heterocycles. The first kappa shape index (κ1) is 14.8. The number of rotatable bonds is 3. The highest BCUT2D eigenvalue weighted by atomic mass is 16.2. The maximum Gasteiger partial charge on any atom is 0.253 e. The van der Waals surface area contributed by atoms with Gasteiger partial charge in [-0.2, -0.15) is 0 Å². The fraction of sp³-hybridized carbons (Fsp3) is 0.444. The molecule has 1 heterocycles. The lowest BCUT2D eigenvalue weighted by atomic mass is 9.63. The molecule has 0 unspecified atom stereocenters. The van der Waals surface area contributed by atoms with Crippen LogP contribution in [0.4, 0.5) is 5.69 Å². The van der Waals surface area contributed by atoms with Crippen molar-refractivity contribution in [2.45, 2.75) is 32.1 Å². The van der Waals surface area contributed by atoms with E-state index in [-0.39, 0.29) is 11.8 Å². The molecule has 1 aliphatic carbocycles. The quantitative estimate of drug-likeness (QED) is 0.871. The van der Waals surface area contributed by atoms with Crippen LogP contribution in [0.5, 0.6) is 0 Å². The summed E-state index contributed by atoms with van der Waals surface area (Å²) in [5.41, 5.74) is 1.91. The van der Waals surface area contributed by atoms with Crippen LogP contribution < -0.4 is 5.32 Å². The number of hydrogen-bond donors (Lipinski definition) is 1. The Morgan fingerprint density at radius 1 is 1.09 bits per heavy atom. The molecule has 22 heavy (non-hydrogen) atoms. The van der Waals surface area contributed by atoms with Gasteiger partial charge in [0, 0.05) is 24.3 Å². The molecule has 2 aliphatic rings. The Labute approximate surface area is 131 Å². The molecule has 1 spiro atoms. The molecule has 4 heteroatoms. The molecule has 3 rings (SSSR count). The van der Waals surface area contributed by atoms with Crippen LogP contribution in [0.3, 0.4) is 0 Å². The number of anilines is 1. The number of benzene rings is 1. The Morgan fingerprint density at radius 2 is 1.73 bits per heavy atom. The van der Waals surface area contributed by atoms with E-state index in [1.807, 2.05) is 4.90 Å². The molecule has 0 aromatic heterocycles. The van der Waals surface area contributed by atoms with Gasteiger partial charge in [-0.3, -0.25) is 9.59 Å². The summed E-state index contributed by atoms with van der Waals surface area (Å²) in [5.74, 6) is -0.156. The number of piperidine rings is 1. The summed E-state index contributed by atoms with van der Waals surface area (Å²) < 4.78 is 0. The van der Waals surface area contributed by atoms with Crippen molar-refractivity contribution in [1.29, 1.82) is 0 Å². The highest BCUT2D eigenvalue weighted by Gasteiger charge is 2.40. The van der Waals surface area contributed by atoms with Gasteiger partial charge in [-0.05, 0) is 61.4 Å². The average molecular weight is 298 g/mol. The summed E-state index contributed by atoms with van der Waals surface area (Å²) in [7, 11) is 0. The van der Waals surface area contributed by atoms with Crippen LogP contribution in [0, 0.1) is 5.41 Å². The van der Waals surface area contributed by atoms with Gasteiger partial charge in [-0.15, -0.1) is 0 Å². The second-order valence-electron chi connectivity index (χ2n) is 6.42. The zero-order valence-corrected chi connectivity index (χ0v) is 12.8. The molecule has 2 fully saturated rings. The van der Waals surface area contributed by atoms with Crippen molar-refractivity contribution in [2.75, 3.05) is 18.4 Å². The van der Waals surface area contributed by atoms with Gasteiger partial charge < -0.3 is 10.2 Å². The largest absolute Gasteiger partial charge is 0.339 e. The van der Waals surface area contributed by atoms with E-state index < -0.39 is 0 Å². The third-order valence-electron chi connectivity index (χ3n) is 5.11. The normalized spacial score (nSPS) is 19.4. The average Bonchev–Trinajstić information content (AvgIpc) is 2.53. The zero-order valence-electron chi connectivity index (χ0n) is 12.8. The van der Waals surface area contributed by atoms with Gasteiger partial charge in [0.1, 0.15) is 0 Å². The van der Waals surface area contributed by atoms with Crippen LogP contribution >= 0.6 is 0 Å². The summed E-state index contributed by atoms with van der Waals surface area (Å²) >= 11 is 0. The van der Waals surface area contributed by atoms with Crippen molar-refractivity contribution in [3.05, 3.63) is 42.5 Å². The first-order valence-electron chi connectivity index (χ1n) is 7.95. The SMILES string of the molecule is C=CC(=O)Nc1ccc(C(=O)N2CCC3(CCC3)CC2)cc1. The van der Waals surface area contributed by atoms with Crippen LogP contribution in [-0.2, 0) is 4.79 Å². The van der Waals surface area contributed by atoms with E-state index in [0.717, 1.165) is 25.9 Å². The van der Waals surface area contributed by atoms with E-state index >= 15 is 0 Å². The van der Waals surface area contributed by atoms with Crippen molar-refractivity contribution in [2.24, 2.45) is 5.41 Å². The van der Waals surface area contributed by atoms with Crippen molar-refractivity contribution >= 4 is 17.5 Å². The van der Waals surface area contributed by atoms with Crippen molar-refractivity contribution in [1.82, 2.24) is 4.90 Å². The number of amides is 2. The molecule has 1 aliphatic heterocycles. The van der Waals surface area contributed by atoms with E-state index in [1.165, 1.54) is 25.3 Å². The summed E-state index contributed by atoms with van der Waals surface area (Å²) in [6.45, 7) is 5.15. The first-order chi connectivity index (χ1) is 10.6. The van der Waals surface area contributed by atoms with Crippen LogP contribution in [0.15, 0.2) is 36.9 Å². The Balaban J connectivity index is 1.60. The third kappa shape index (κ3) is 2.91. The Morgan fingerprint density at radius 3 is 2.23 bits per heavy atom. The lowest BCUT2D eigenvalue weighted by Crippen LogP contribution is -2.45. The van der Waals surface area contributed by atoms with Crippen molar-refractivity contribution in [3.63, 3.8) is 0 Å². The molecule has 116 valence electrons. The van der Waals surface area contributed by atoms with Crippen LogP contribution in [0.25, 0.3) is 0 Å². The van der Waals surface area contributed by atoms with Crippen LogP contribution in [0.1, 0.15) is 42.5 Å². The fourth-order valence-corrected chi connectivity index (χ4v) is 3.43. The standard InChI is InChI=1S/C18H22N2O2/c1-2-16(21)19-15-6-4-14(5-7-15)17(22)20-12-10-18(11-13-20)8-3-9-18/h2,4-7H,1,3,8-13H2,(H,19,21). The minimum absolute atomic E-state index is 0.0933. The predicted molar refractivity (Wildman–Crippen MR) is 86.7 cm³/mol. The van der Waals surface area contributed by atoms with Gasteiger partial charge in [0.2, 0.25) is 5.91 Å². The molecule has 4 nitrogen and oxygen atoms in total. The van der Waals surface area contributed by atoms with Crippen molar-refractivity contribution < 1.29 is 9.59 Å². The minimum Gasteiger partial charge on any atom is -0.339 e. The van der Waals surface area contributed by atoms with E-state index in [9.17, 15) is 9.59 Å². The Kier molecular flexibility index (Phi) is 4.01. The second kappa shape index (κ2) is 5.95. The van der Waals surface area contributed by atoms with E-state index in [4.69, 9.17) is 0 Å². The molecule has 1 saturated carbocycles. The number of carbonyl (C=O) groups is 2. The van der Waals surface area contributed by atoms with Gasteiger partial charge in [-0.25, -0.2) is 0 Å². The van der Waals surface area contributed by atoms with Gasteiger partial charge in [0.05, 0.1) is 0 Å². The second-order valence-corrected chi connectivity index (χ2v) is 6.42. The van der Waals surface area contributed by atoms with Gasteiger partial charge in [0.25, 0.3) is 5.91 Å². The Hall–Kier alpha value is -2.10. The summed E-state index contributed by atoms with van der Waals surface area (Å²) in [6, 6.07) is 7.06. The molecule has 1 aromatic rings. The molecular formula is C18H22N2O2. The Bertz CT molecular complexity index is 578. The molecular weight excluding hydrogens is 276 g/mol. The molecule has 0 radical (unpaired) electrons. The summed E-state index contributed by atoms with van der Waals surface area (Å²) in [5, 5.41) is 2.68. The third-order valence-corrected chi connectivity index (χ3v) is 5.11. The summed E-state index contributed by atoms with van der Waals surface area (Å²) in [6.07, 6.45) is 7.55.